The molecule has 5 rings (SSSR count). The molecule has 5 aromatic rings. The summed E-state index contributed by atoms with van der Waals surface area (Å²) in [6.45, 7) is 9.70. The fraction of sp³-hybridized carbons (Fsp3) is 0.340. The molecule has 2 atom stereocenters. The molecule has 0 fully saturated rings. The molecule has 0 saturated carbocycles. The van der Waals surface area contributed by atoms with Crippen molar-refractivity contribution in [3.8, 4) is 5.75 Å². The van der Waals surface area contributed by atoms with Crippen LogP contribution in [0.3, 0.4) is 0 Å². The molecule has 8 nitrogen and oxygen atoms in total. The highest BCUT2D eigenvalue weighted by Gasteiger charge is 2.36. The first-order valence-corrected chi connectivity index (χ1v) is 24.6. The second-order valence-electron chi connectivity index (χ2n) is 16.4. The maximum atomic E-state index is 14.2. The van der Waals surface area contributed by atoms with E-state index in [1.54, 1.807) is 7.11 Å². The van der Waals surface area contributed by atoms with Crippen molar-refractivity contribution in [1.82, 2.24) is 10.6 Å². The Morgan fingerprint density at radius 2 is 1.27 bits per heavy atom. The summed E-state index contributed by atoms with van der Waals surface area (Å²) >= 11 is 0. The number of amides is 2. The van der Waals surface area contributed by atoms with Gasteiger partial charge < -0.3 is 20.1 Å². The number of anilines is 1. The molecule has 3 N–H and O–H groups in total. The van der Waals surface area contributed by atoms with E-state index in [1.165, 1.54) is 5.56 Å². The number of carbonyl (C=O) groups excluding carboxylic acids is 3. The molecule has 0 heterocycles. The van der Waals surface area contributed by atoms with Crippen LogP contribution >= 0.6 is 0 Å². The zero-order valence-electron chi connectivity index (χ0n) is 35.3. The standard InChI is InChI=1S/C50H61N3O5Si/c1-6-38-25-29-44(30-26-38)52-48(55)40(37-47(54)46(36-39-18-10-7-11-19-39)53-49(56)58-34-35-59(3,4)5)20-16-17-33-51-50(41-21-12-8-13-22-41,42-23-14-9-15-24-42)43-27-31-45(57-2)32-28-43/h7-15,18-19,21-32,40,46,51H,6,16-17,20,33-37H2,1-5H3,(H,52,55)(H,53,56)/t40-,46+/m1/s1. The number of Topliss-reactive ketones (excluding diaryl/α,β-unsaturated/α-hetero) is 1. The van der Waals surface area contributed by atoms with Gasteiger partial charge in [0.2, 0.25) is 5.91 Å². The molecule has 0 radical (unpaired) electrons. The van der Waals surface area contributed by atoms with Gasteiger partial charge in [-0.1, -0.05) is 148 Å². The molecule has 0 aliphatic heterocycles. The number of alkyl carbamates (subject to hydrolysis) is 1. The van der Waals surface area contributed by atoms with E-state index in [1.807, 2.05) is 78.9 Å². The minimum atomic E-state index is -1.43. The maximum Gasteiger partial charge on any atom is 0.407 e. The highest BCUT2D eigenvalue weighted by molar-refractivity contribution is 6.76. The summed E-state index contributed by atoms with van der Waals surface area (Å²) in [5.41, 5.74) is 5.38. The van der Waals surface area contributed by atoms with Gasteiger partial charge in [-0.25, -0.2) is 4.79 Å². The molecule has 0 bridgehead atoms. The SMILES string of the molecule is CCc1ccc(NC(=O)[C@H](CCCCNC(c2ccccc2)(c2ccccc2)c2ccc(OC)cc2)CC(=O)[C@H](Cc2ccccc2)NC(=O)OCC[Si](C)(C)C)cc1. The normalized spacial score (nSPS) is 12.6. The average molecular weight is 812 g/mol. The fourth-order valence-electron chi connectivity index (χ4n) is 7.32. The predicted molar refractivity (Wildman–Crippen MR) is 242 cm³/mol. The Hall–Kier alpha value is -5.51. The summed E-state index contributed by atoms with van der Waals surface area (Å²) in [7, 11) is 0.239. The number of hydrogen-bond acceptors (Lipinski definition) is 6. The third-order valence-electron chi connectivity index (χ3n) is 10.8. The van der Waals surface area contributed by atoms with Crippen molar-refractivity contribution in [3.05, 3.63) is 167 Å². The summed E-state index contributed by atoms with van der Waals surface area (Å²) in [6, 6.07) is 46.4. The molecular weight excluding hydrogens is 751 g/mol. The molecule has 0 spiro atoms. The van der Waals surface area contributed by atoms with Gasteiger partial charge in [-0.15, -0.1) is 0 Å². The Kier molecular flexibility index (Phi) is 16.6. The molecule has 0 aliphatic rings. The second-order valence-corrected chi connectivity index (χ2v) is 22.0. The third-order valence-corrected chi connectivity index (χ3v) is 12.5. The van der Waals surface area contributed by atoms with Gasteiger partial charge in [-0.2, -0.15) is 0 Å². The van der Waals surface area contributed by atoms with Crippen LogP contribution in [0.15, 0.2) is 140 Å². The van der Waals surface area contributed by atoms with Crippen molar-refractivity contribution in [3.63, 3.8) is 0 Å². The van der Waals surface area contributed by atoms with Crippen molar-refractivity contribution in [1.29, 1.82) is 0 Å². The molecule has 5 aromatic carbocycles. The van der Waals surface area contributed by atoms with Crippen LogP contribution in [0, 0.1) is 5.92 Å². The van der Waals surface area contributed by atoms with Gasteiger partial charge in [0.15, 0.2) is 5.78 Å². The maximum absolute atomic E-state index is 14.2. The summed E-state index contributed by atoms with van der Waals surface area (Å²) in [5, 5.41) is 9.88. The first-order valence-electron chi connectivity index (χ1n) is 20.9. The third kappa shape index (κ3) is 13.2. The lowest BCUT2D eigenvalue weighted by atomic mass is 9.77. The Balaban J connectivity index is 1.35. The van der Waals surface area contributed by atoms with Crippen LogP contribution in [-0.4, -0.2) is 52.2 Å². The van der Waals surface area contributed by atoms with Gasteiger partial charge in [-0.05, 0) is 90.4 Å². The van der Waals surface area contributed by atoms with E-state index in [2.05, 4.69) is 103 Å². The number of nitrogens with one attached hydrogen (secondary N) is 3. The number of aryl methyl sites for hydroxylation is 1. The molecule has 0 aliphatic carbocycles. The zero-order chi connectivity index (χ0) is 42.1. The van der Waals surface area contributed by atoms with E-state index in [0.29, 0.717) is 38.1 Å². The smallest absolute Gasteiger partial charge is 0.407 e. The summed E-state index contributed by atoms with van der Waals surface area (Å²) in [6.07, 6.45) is 2.47. The van der Waals surface area contributed by atoms with E-state index in [4.69, 9.17) is 9.47 Å². The van der Waals surface area contributed by atoms with E-state index >= 15 is 0 Å². The van der Waals surface area contributed by atoms with Crippen molar-refractivity contribution in [2.45, 2.75) is 82.7 Å². The van der Waals surface area contributed by atoms with Crippen molar-refractivity contribution in [2.75, 3.05) is 25.6 Å². The van der Waals surface area contributed by atoms with E-state index in [-0.39, 0.29) is 18.1 Å². The number of ketones is 1. The summed E-state index contributed by atoms with van der Waals surface area (Å²) in [4.78, 5) is 41.4. The van der Waals surface area contributed by atoms with E-state index in [0.717, 1.165) is 46.9 Å². The summed E-state index contributed by atoms with van der Waals surface area (Å²) in [5.74, 6) is -0.259. The molecule has 59 heavy (non-hydrogen) atoms. The number of carbonyl (C=O) groups is 3. The lowest BCUT2D eigenvalue weighted by Crippen LogP contribution is -2.45. The lowest BCUT2D eigenvalue weighted by molar-refractivity contribution is -0.127. The Labute approximate surface area is 352 Å². The number of hydrogen-bond donors (Lipinski definition) is 3. The van der Waals surface area contributed by atoms with Gasteiger partial charge in [-0.3, -0.25) is 14.9 Å². The molecule has 9 heteroatoms. The lowest BCUT2D eigenvalue weighted by Gasteiger charge is -2.37. The van der Waals surface area contributed by atoms with E-state index < -0.39 is 31.7 Å². The number of methoxy groups -OCH3 is 1. The minimum Gasteiger partial charge on any atom is -0.497 e. The number of ether oxygens (including phenoxy) is 2. The van der Waals surface area contributed by atoms with Crippen LogP contribution in [0.1, 0.15) is 60.4 Å². The average Bonchev–Trinajstić information content (AvgIpc) is 3.25. The van der Waals surface area contributed by atoms with Crippen LogP contribution in [0.25, 0.3) is 0 Å². The molecule has 2 amide bonds. The molecule has 310 valence electrons. The molecule has 0 unspecified atom stereocenters. The number of unbranched alkanes of at least 4 members (excludes halogenated alkanes) is 1. The zero-order valence-corrected chi connectivity index (χ0v) is 36.3. The monoisotopic (exact) mass is 811 g/mol. The van der Waals surface area contributed by atoms with Gasteiger partial charge in [0.1, 0.15) is 5.75 Å². The largest absolute Gasteiger partial charge is 0.497 e. The predicted octanol–water partition coefficient (Wildman–Crippen LogP) is 10.2. The van der Waals surface area contributed by atoms with Crippen molar-refractivity contribution in [2.24, 2.45) is 5.92 Å². The van der Waals surface area contributed by atoms with Crippen molar-refractivity contribution < 1.29 is 23.9 Å². The number of benzene rings is 5. The van der Waals surface area contributed by atoms with Gasteiger partial charge >= 0.3 is 6.09 Å². The topological polar surface area (TPSA) is 106 Å². The quantitative estimate of drug-likeness (QED) is 0.0365. The molecule has 0 saturated heterocycles. The van der Waals surface area contributed by atoms with Crippen LogP contribution < -0.4 is 20.7 Å². The van der Waals surface area contributed by atoms with Crippen LogP contribution in [0.5, 0.6) is 5.75 Å². The highest BCUT2D eigenvalue weighted by atomic mass is 28.3. The first kappa shape index (κ1) is 44.6. The van der Waals surface area contributed by atoms with Crippen molar-refractivity contribution >= 4 is 31.5 Å². The van der Waals surface area contributed by atoms with Gasteiger partial charge in [0.25, 0.3) is 0 Å². The Morgan fingerprint density at radius 3 is 1.83 bits per heavy atom. The molecule has 0 aromatic heterocycles. The first-order chi connectivity index (χ1) is 28.5. The number of rotatable bonds is 22. The van der Waals surface area contributed by atoms with Gasteiger partial charge in [0.05, 0.1) is 25.3 Å². The fourth-order valence-corrected chi connectivity index (χ4v) is 8.04. The minimum absolute atomic E-state index is 0.0250. The highest BCUT2D eigenvalue weighted by Crippen LogP contribution is 2.37. The Morgan fingerprint density at radius 1 is 0.695 bits per heavy atom. The van der Waals surface area contributed by atoms with Crippen LogP contribution in [0.4, 0.5) is 10.5 Å². The van der Waals surface area contributed by atoms with Crippen LogP contribution in [0.2, 0.25) is 25.7 Å². The molecular formula is C50H61N3O5Si. The van der Waals surface area contributed by atoms with E-state index in [9.17, 15) is 14.4 Å². The second kappa shape index (κ2) is 22.0. The summed E-state index contributed by atoms with van der Waals surface area (Å²) < 4.78 is 11.1. The van der Waals surface area contributed by atoms with Gasteiger partial charge in [0, 0.05) is 26.1 Å². The van der Waals surface area contributed by atoms with Crippen LogP contribution in [-0.2, 0) is 32.7 Å². The Bertz CT molecular complexity index is 2000.